The van der Waals surface area contributed by atoms with Crippen molar-refractivity contribution >= 4 is 5.91 Å². The summed E-state index contributed by atoms with van der Waals surface area (Å²) in [5.74, 6) is -0.0835. The Morgan fingerprint density at radius 2 is 2.50 bits per heavy atom. The van der Waals surface area contributed by atoms with Crippen LogP contribution in [0.25, 0.3) is 0 Å². The van der Waals surface area contributed by atoms with Gasteiger partial charge in [0.05, 0.1) is 18.0 Å². The number of carbonyl (C=O) groups excluding carboxylic acids is 1. The van der Waals surface area contributed by atoms with Crippen LogP contribution in [0.2, 0.25) is 0 Å². The molecule has 1 atom stereocenters. The minimum atomic E-state index is -0.0478. The van der Waals surface area contributed by atoms with Crippen LogP contribution in [0.1, 0.15) is 37.0 Å². The molecule has 0 spiro atoms. The number of carbonyl (C=O) groups is 1. The molecule has 0 aliphatic rings. The van der Waals surface area contributed by atoms with E-state index in [-0.39, 0.29) is 11.8 Å². The zero-order valence-electron chi connectivity index (χ0n) is 8.40. The summed E-state index contributed by atoms with van der Waals surface area (Å²) in [6, 6.07) is 1.94. The largest absolute Gasteiger partial charge is 0.272 e. The van der Waals surface area contributed by atoms with Gasteiger partial charge in [0.15, 0.2) is 0 Å². The van der Waals surface area contributed by atoms with E-state index in [4.69, 9.17) is 5.26 Å². The van der Waals surface area contributed by atoms with Crippen molar-refractivity contribution in [1.29, 1.82) is 5.26 Å². The van der Waals surface area contributed by atoms with E-state index in [2.05, 4.69) is 5.10 Å². The lowest BCUT2D eigenvalue weighted by Gasteiger charge is -2.07. The fourth-order valence-corrected chi connectivity index (χ4v) is 1.28. The molecule has 1 rings (SSSR count). The third-order valence-electron chi connectivity index (χ3n) is 2.08. The number of rotatable bonds is 3. The topological polar surface area (TPSA) is 58.7 Å². The van der Waals surface area contributed by atoms with Gasteiger partial charge in [-0.25, -0.2) is 4.68 Å². The van der Waals surface area contributed by atoms with Crippen LogP contribution in [-0.4, -0.2) is 15.7 Å². The third kappa shape index (κ3) is 2.19. The van der Waals surface area contributed by atoms with E-state index in [1.807, 2.05) is 19.9 Å². The molecule has 0 aliphatic heterocycles. The van der Waals surface area contributed by atoms with E-state index in [1.165, 1.54) is 17.1 Å². The van der Waals surface area contributed by atoms with Crippen LogP contribution >= 0.6 is 0 Å². The summed E-state index contributed by atoms with van der Waals surface area (Å²) in [5, 5.41) is 12.4. The SMILES string of the molecule is CCCC(C)C(=O)n1cc(C#N)cn1. The number of hydrogen-bond donors (Lipinski definition) is 0. The lowest BCUT2D eigenvalue weighted by atomic mass is 10.1. The van der Waals surface area contributed by atoms with Gasteiger partial charge < -0.3 is 0 Å². The van der Waals surface area contributed by atoms with E-state index in [1.54, 1.807) is 0 Å². The second-order valence-corrected chi connectivity index (χ2v) is 3.31. The maximum Gasteiger partial charge on any atom is 0.249 e. The highest BCUT2D eigenvalue weighted by Gasteiger charge is 2.14. The molecular weight excluding hydrogens is 178 g/mol. The van der Waals surface area contributed by atoms with E-state index in [9.17, 15) is 4.79 Å². The molecule has 74 valence electrons. The molecule has 4 nitrogen and oxygen atoms in total. The second kappa shape index (κ2) is 4.56. The van der Waals surface area contributed by atoms with Crippen LogP contribution in [-0.2, 0) is 0 Å². The quantitative estimate of drug-likeness (QED) is 0.732. The molecule has 0 radical (unpaired) electrons. The van der Waals surface area contributed by atoms with Crippen molar-refractivity contribution in [1.82, 2.24) is 9.78 Å². The molecule has 4 heteroatoms. The molecule has 1 aromatic rings. The van der Waals surface area contributed by atoms with Gasteiger partial charge in [-0.2, -0.15) is 10.4 Å². The predicted octanol–water partition coefficient (Wildman–Crippen LogP) is 1.83. The molecular formula is C10H13N3O. The Morgan fingerprint density at radius 1 is 1.79 bits per heavy atom. The van der Waals surface area contributed by atoms with Crippen LogP contribution < -0.4 is 0 Å². The van der Waals surface area contributed by atoms with E-state index < -0.39 is 0 Å². The summed E-state index contributed by atoms with van der Waals surface area (Å²) in [6.07, 6.45) is 4.69. The maximum atomic E-state index is 11.7. The van der Waals surface area contributed by atoms with Gasteiger partial charge >= 0.3 is 0 Å². The van der Waals surface area contributed by atoms with Gasteiger partial charge in [-0.1, -0.05) is 20.3 Å². The monoisotopic (exact) mass is 191 g/mol. The molecule has 0 bridgehead atoms. The first-order valence-electron chi connectivity index (χ1n) is 4.68. The number of aromatic nitrogens is 2. The first kappa shape index (κ1) is 10.5. The standard InChI is InChI=1S/C10H13N3O/c1-3-4-8(2)10(14)13-7-9(5-11)6-12-13/h6-8H,3-4H2,1-2H3. The predicted molar refractivity (Wildman–Crippen MR) is 51.6 cm³/mol. The Bertz CT molecular complexity index is 362. The van der Waals surface area contributed by atoms with Crippen molar-refractivity contribution in [3.8, 4) is 6.07 Å². The van der Waals surface area contributed by atoms with E-state index >= 15 is 0 Å². The molecule has 0 N–H and O–H groups in total. The molecule has 1 heterocycles. The average Bonchev–Trinajstić information content (AvgIpc) is 2.65. The summed E-state index contributed by atoms with van der Waals surface area (Å²) < 4.78 is 1.25. The number of hydrogen-bond acceptors (Lipinski definition) is 3. The van der Waals surface area contributed by atoms with Crippen molar-refractivity contribution in [3.63, 3.8) is 0 Å². The Morgan fingerprint density at radius 3 is 3.00 bits per heavy atom. The molecule has 14 heavy (non-hydrogen) atoms. The molecule has 0 saturated carbocycles. The highest BCUT2D eigenvalue weighted by atomic mass is 16.2. The molecule has 0 aromatic carbocycles. The zero-order chi connectivity index (χ0) is 10.6. The Hall–Kier alpha value is -1.63. The number of nitriles is 1. The zero-order valence-corrected chi connectivity index (χ0v) is 8.40. The lowest BCUT2D eigenvalue weighted by molar-refractivity contribution is 0.0821. The molecule has 0 saturated heterocycles. The van der Waals surface area contributed by atoms with Gasteiger partial charge in [-0.05, 0) is 6.42 Å². The van der Waals surface area contributed by atoms with Crippen molar-refractivity contribution in [2.75, 3.05) is 0 Å². The normalized spacial score (nSPS) is 12.1. The fourth-order valence-electron chi connectivity index (χ4n) is 1.28. The highest BCUT2D eigenvalue weighted by molar-refractivity contribution is 5.80. The van der Waals surface area contributed by atoms with Crippen molar-refractivity contribution < 1.29 is 4.79 Å². The van der Waals surface area contributed by atoms with Gasteiger partial charge in [-0.3, -0.25) is 4.79 Å². The minimum Gasteiger partial charge on any atom is -0.272 e. The third-order valence-corrected chi connectivity index (χ3v) is 2.08. The van der Waals surface area contributed by atoms with E-state index in [0.717, 1.165) is 12.8 Å². The lowest BCUT2D eigenvalue weighted by Crippen LogP contribution is -2.19. The van der Waals surface area contributed by atoms with Gasteiger partial charge in [0.1, 0.15) is 6.07 Å². The van der Waals surface area contributed by atoms with E-state index in [0.29, 0.717) is 5.56 Å². The average molecular weight is 191 g/mol. The fraction of sp³-hybridized carbons (Fsp3) is 0.500. The summed E-state index contributed by atoms with van der Waals surface area (Å²) in [4.78, 5) is 11.7. The first-order chi connectivity index (χ1) is 6.69. The molecule has 1 unspecified atom stereocenters. The van der Waals surface area contributed by atoms with Crippen molar-refractivity contribution in [3.05, 3.63) is 18.0 Å². The van der Waals surface area contributed by atoms with Gasteiger partial charge in [0, 0.05) is 5.92 Å². The van der Waals surface area contributed by atoms with Crippen LogP contribution in [0, 0.1) is 17.2 Å². The maximum absolute atomic E-state index is 11.7. The van der Waals surface area contributed by atoms with Gasteiger partial charge in [0.25, 0.3) is 0 Å². The molecule has 0 aliphatic carbocycles. The van der Waals surface area contributed by atoms with Crippen LogP contribution in [0.15, 0.2) is 12.4 Å². The summed E-state index contributed by atoms with van der Waals surface area (Å²) in [5.41, 5.74) is 0.419. The Balaban J connectivity index is 2.75. The first-order valence-corrected chi connectivity index (χ1v) is 4.68. The number of nitrogens with zero attached hydrogens (tertiary/aromatic N) is 3. The van der Waals surface area contributed by atoms with Crippen LogP contribution in [0.4, 0.5) is 0 Å². The molecule has 0 fully saturated rings. The van der Waals surface area contributed by atoms with Gasteiger partial charge in [-0.15, -0.1) is 0 Å². The Kier molecular flexibility index (Phi) is 3.41. The van der Waals surface area contributed by atoms with Crippen molar-refractivity contribution in [2.45, 2.75) is 26.7 Å². The summed E-state index contributed by atoms with van der Waals surface area (Å²) >= 11 is 0. The van der Waals surface area contributed by atoms with Crippen LogP contribution in [0.5, 0.6) is 0 Å². The van der Waals surface area contributed by atoms with Crippen LogP contribution in [0.3, 0.4) is 0 Å². The minimum absolute atomic E-state index is 0.0357. The summed E-state index contributed by atoms with van der Waals surface area (Å²) in [6.45, 7) is 3.91. The smallest absolute Gasteiger partial charge is 0.249 e. The Labute approximate surface area is 83.1 Å². The van der Waals surface area contributed by atoms with Crippen molar-refractivity contribution in [2.24, 2.45) is 5.92 Å². The second-order valence-electron chi connectivity index (χ2n) is 3.31. The molecule has 1 aromatic heterocycles. The summed E-state index contributed by atoms with van der Waals surface area (Å²) in [7, 11) is 0. The highest BCUT2D eigenvalue weighted by Crippen LogP contribution is 2.08. The van der Waals surface area contributed by atoms with Gasteiger partial charge in [0.2, 0.25) is 5.91 Å². The molecule has 0 amide bonds.